The van der Waals surface area contributed by atoms with Crippen LogP contribution in [0.25, 0.3) is 10.8 Å². The third-order valence-corrected chi connectivity index (χ3v) is 8.10. The van der Waals surface area contributed by atoms with Gasteiger partial charge >= 0.3 is 5.97 Å². The Labute approximate surface area is 228 Å². The molecule has 9 heteroatoms. The average Bonchev–Trinajstić information content (AvgIpc) is 2.93. The maximum atomic E-state index is 13.2. The molecule has 0 heterocycles. The lowest BCUT2D eigenvalue weighted by molar-refractivity contribution is -0.140. The zero-order chi connectivity index (χ0) is 27.3. The summed E-state index contributed by atoms with van der Waals surface area (Å²) in [7, 11) is -0.958. The quantitative estimate of drug-likeness (QED) is 0.234. The van der Waals surface area contributed by atoms with Crippen LogP contribution in [-0.4, -0.2) is 34.6 Å². The first-order valence-corrected chi connectivity index (χ1v) is 13.8. The molecule has 4 aromatic rings. The average molecular weight is 553 g/mol. The monoisotopic (exact) mass is 552 g/mol. The van der Waals surface area contributed by atoms with E-state index in [9.17, 15) is 13.2 Å². The molecule has 1 atom stereocenters. The van der Waals surface area contributed by atoms with Crippen molar-refractivity contribution in [3.8, 4) is 5.75 Å². The Morgan fingerprint density at radius 3 is 2.24 bits per heavy atom. The molecule has 38 heavy (non-hydrogen) atoms. The molecule has 0 spiro atoms. The van der Waals surface area contributed by atoms with Gasteiger partial charge < -0.3 is 14.4 Å². The summed E-state index contributed by atoms with van der Waals surface area (Å²) in [6.07, 6.45) is 0.168. The molecule has 0 aliphatic heterocycles. The highest BCUT2D eigenvalue weighted by molar-refractivity contribution is 7.92. The fraction of sp³-hybridized carbons (Fsp3) is 0.207. The van der Waals surface area contributed by atoms with E-state index in [2.05, 4.69) is 9.62 Å². The number of ether oxygens (including phenoxy) is 2. The van der Waals surface area contributed by atoms with E-state index in [4.69, 9.17) is 21.1 Å². The Morgan fingerprint density at radius 2 is 1.58 bits per heavy atom. The molecule has 0 unspecified atom stereocenters. The molecule has 198 valence electrons. The Hall–Kier alpha value is -3.75. The first kappa shape index (κ1) is 27.3. The van der Waals surface area contributed by atoms with Crippen LogP contribution in [0.3, 0.4) is 0 Å². The number of anilines is 2. The van der Waals surface area contributed by atoms with Gasteiger partial charge in [0.05, 0.1) is 31.2 Å². The molecule has 0 aliphatic carbocycles. The van der Waals surface area contributed by atoms with Gasteiger partial charge in [-0.1, -0.05) is 54.1 Å². The molecule has 4 aromatic carbocycles. The number of methoxy groups -OCH3 is 2. The number of fused-ring (bicyclic) bond motifs is 1. The number of rotatable bonds is 10. The predicted molar refractivity (Wildman–Crippen MR) is 151 cm³/mol. The molecule has 0 amide bonds. The van der Waals surface area contributed by atoms with E-state index in [0.717, 1.165) is 22.0 Å². The summed E-state index contributed by atoms with van der Waals surface area (Å²) < 4.78 is 39.1. The highest BCUT2D eigenvalue weighted by Crippen LogP contribution is 2.36. The van der Waals surface area contributed by atoms with Crippen molar-refractivity contribution in [2.45, 2.75) is 30.8 Å². The molecule has 0 saturated carbocycles. The lowest BCUT2D eigenvalue weighted by Gasteiger charge is -2.32. The fourth-order valence-corrected chi connectivity index (χ4v) is 5.58. The van der Waals surface area contributed by atoms with Crippen molar-refractivity contribution in [3.05, 3.63) is 95.5 Å². The molecule has 0 aliphatic rings. The number of sulfonamides is 1. The number of nitrogens with one attached hydrogen (secondary N) is 1. The Kier molecular flexibility index (Phi) is 8.44. The molecular weight excluding hydrogens is 524 g/mol. The topological polar surface area (TPSA) is 84.9 Å². The molecular formula is C29H29ClN2O5S. The van der Waals surface area contributed by atoms with Crippen LogP contribution in [0.15, 0.2) is 89.8 Å². The van der Waals surface area contributed by atoms with E-state index in [0.29, 0.717) is 23.0 Å². The minimum Gasteiger partial charge on any atom is -0.497 e. The molecule has 0 aromatic heterocycles. The van der Waals surface area contributed by atoms with Gasteiger partial charge in [-0.25, -0.2) is 8.42 Å². The number of carbonyl (C=O) groups is 1. The molecule has 7 nitrogen and oxygen atoms in total. The van der Waals surface area contributed by atoms with Gasteiger partial charge in [-0.3, -0.25) is 9.52 Å². The van der Waals surface area contributed by atoms with Crippen LogP contribution in [0.5, 0.6) is 5.75 Å². The van der Waals surface area contributed by atoms with Crippen molar-refractivity contribution < 1.29 is 22.7 Å². The minimum absolute atomic E-state index is 0.124. The fourth-order valence-electron chi connectivity index (χ4n) is 4.30. The van der Waals surface area contributed by atoms with Crippen LogP contribution < -0.4 is 14.4 Å². The van der Waals surface area contributed by atoms with Crippen LogP contribution in [0.1, 0.15) is 18.9 Å². The Balaban J connectivity index is 1.76. The smallest absolute Gasteiger partial charge is 0.307 e. The van der Waals surface area contributed by atoms with Gasteiger partial charge in [0.1, 0.15) is 5.75 Å². The molecule has 0 saturated heterocycles. The standard InChI is InChI=1S/C29H29ClN2O5S/c1-20(18-29(33)37-3)32(19-21-8-4-7-11-26(21)30)28-17-16-27(24-9-5-6-10-25(24)28)31-38(34,35)23-14-12-22(36-2)13-15-23/h4-17,20,31H,18-19H2,1-3H3/t20-/m0/s1. The van der Waals surface area contributed by atoms with Crippen molar-refractivity contribution in [2.24, 2.45) is 0 Å². The van der Waals surface area contributed by atoms with E-state index in [1.165, 1.54) is 26.4 Å². The van der Waals surface area contributed by atoms with Crippen LogP contribution >= 0.6 is 11.6 Å². The zero-order valence-corrected chi connectivity index (χ0v) is 22.9. The number of hydrogen-bond acceptors (Lipinski definition) is 6. The lowest BCUT2D eigenvalue weighted by atomic mass is 10.0. The lowest BCUT2D eigenvalue weighted by Crippen LogP contribution is -2.35. The van der Waals surface area contributed by atoms with Gasteiger partial charge in [0.25, 0.3) is 10.0 Å². The normalized spacial score (nSPS) is 12.1. The van der Waals surface area contributed by atoms with Crippen LogP contribution in [0.2, 0.25) is 5.02 Å². The van der Waals surface area contributed by atoms with Crippen molar-refractivity contribution in [1.29, 1.82) is 0 Å². The number of hydrogen-bond donors (Lipinski definition) is 1. The Bertz CT molecular complexity index is 1540. The van der Waals surface area contributed by atoms with E-state index < -0.39 is 10.0 Å². The summed E-state index contributed by atoms with van der Waals surface area (Å²) in [5.41, 5.74) is 2.18. The van der Waals surface area contributed by atoms with Crippen molar-refractivity contribution in [3.63, 3.8) is 0 Å². The van der Waals surface area contributed by atoms with Gasteiger partial charge in [-0.05, 0) is 55.0 Å². The van der Waals surface area contributed by atoms with Crippen molar-refractivity contribution >= 4 is 49.7 Å². The highest BCUT2D eigenvalue weighted by atomic mass is 35.5. The number of nitrogens with zero attached hydrogens (tertiary/aromatic N) is 1. The second-order valence-corrected chi connectivity index (χ2v) is 10.9. The summed E-state index contributed by atoms with van der Waals surface area (Å²) in [5.74, 6) is 0.244. The number of carbonyl (C=O) groups excluding carboxylic acids is 1. The SMILES string of the molecule is COC(=O)C[C@H](C)N(Cc1ccccc1Cl)c1ccc(NS(=O)(=O)c2ccc(OC)cc2)c2ccccc12. The van der Waals surface area contributed by atoms with Gasteiger partial charge in [-0.2, -0.15) is 0 Å². The van der Waals surface area contributed by atoms with Gasteiger partial charge in [-0.15, -0.1) is 0 Å². The minimum atomic E-state index is -3.85. The second-order valence-electron chi connectivity index (χ2n) is 8.81. The van der Waals surface area contributed by atoms with E-state index in [1.807, 2.05) is 61.5 Å². The number of esters is 1. The van der Waals surface area contributed by atoms with E-state index in [-0.39, 0.29) is 23.3 Å². The van der Waals surface area contributed by atoms with Gasteiger partial charge in [0.15, 0.2) is 0 Å². The Morgan fingerprint density at radius 1 is 0.921 bits per heavy atom. The van der Waals surface area contributed by atoms with Crippen LogP contribution in [0, 0.1) is 0 Å². The van der Waals surface area contributed by atoms with E-state index in [1.54, 1.807) is 18.2 Å². The van der Waals surface area contributed by atoms with Crippen molar-refractivity contribution in [1.82, 2.24) is 0 Å². The summed E-state index contributed by atoms with van der Waals surface area (Å²) in [5, 5.41) is 2.17. The summed E-state index contributed by atoms with van der Waals surface area (Å²) in [6, 6.07) is 24.7. The zero-order valence-electron chi connectivity index (χ0n) is 21.3. The van der Waals surface area contributed by atoms with Crippen LogP contribution in [0.4, 0.5) is 11.4 Å². The first-order valence-electron chi connectivity index (χ1n) is 12.0. The molecule has 0 radical (unpaired) electrons. The first-order chi connectivity index (χ1) is 18.2. The maximum Gasteiger partial charge on any atom is 0.307 e. The van der Waals surface area contributed by atoms with E-state index >= 15 is 0 Å². The predicted octanol–water partition coefficient (Wildman–Crippen LogP) is 6.26. The van der Waals surface area contributed by atoms with Crippen LogP contribution in [-0.2, 0) is 26.1 Å². The van der Waals surface area contributed by atoms with Gasteiger partial charge in [0.2, 0.25) is 0 Å². The largest absolute Gasteiger partial charge is 0.497 e. The number of benzene rings is 4. The summed E-state index contributed by atoms with van der Waals surface area (Å²) in [4.78, 5) is 14.4. The highest BCUT2D eigenvalue weighted by Gasteiger charge is 2.23. The third kappa shape index (κ3) is 6.03. The molecule has 1 N–H and O–H groups in total. The summed E-state index contributed by atoms with van der Waals surface area (Å²) in [6.45, 7) is 2.39. The molecule has 0 fully saturated rings. The summed E-state index contributed by atoms with van der Waals surface area (Å²) >= 11 is 6.48. The number of halogens is 1. The molecule has 0 bridgehead atoms. The maximum absolute atomic E-state index is 13.2. The van der Waals surface area contributed by atoms with Gasteiger partial charge in [0, 0.05) is 34.1 Å². The molecule has 4 rings (SSSR count). The second kappa shape index (κ2) is 11.8. The third-order valence-electron chi connectivity index (χ3n) is 6.34. The van der Waals surface area contributed by atoms with Crippen molar-refractivity contribution in [2.75, 3.05) is 23.8 Å².